The van der Waals surface area contributed by atoms with Crippen molar-refractivity contribution in [3.63, 3.8) is 0 Å². The first-order valence-corrected chi connectivity index (χ1v) is 5.93. The third-order valence-electron chi connectivity index (χ3n) is 2.70. The van der Waals surface area contributed by atoms with Crippen molar-refractivity contribution in [2.45, 2.75) is 26.3 Å². The Hall–Kier alpha value is -2.10. The standard InChI is InChI=1S/C14H16N2O2/c1-11-2-4-12(5-3-11)8-15-14(17)7-6-13-9-18-10-16-13/h2-5,9-10H,6-8H2,1H3,(H,15,17). The van der Waals surface area contributed by atoms with Crippen LogP contribution in [0.2, 0.25) is 0 Å². The second kappa shape index (κ2) is 6.00. The molecule has 2 rings (SSSR count). The minimum absolute atomic E-state index is 0.0265. The van der Waals surface area contributed by atoms with Crippen molar-refractivity contribution in [3.05, 3.63) is 53.7 Å². The SMILES string of the molecule is Cc1ccc(CNC(=O)CCc2cocn2)cc1. The summed E-state index contributed by atoms with van der Waals surface area (Å²) in [6.07, 6.45) is 3.97. The molecule has 0 radical (unpaired) electrons. The fraction of sp³-hybridized carbons (Fsp3) is 0.286. The van der Waals surface area contributed by atoms with Crippen LogP contribution in [0.3, 0.4) is 0 Å². The van der Waals surface area contributed by atoms with Gasteiger partial charge in [-0.25, -0.2) is 4.98 Å². The van der Waals surface area contributed by atoms with Gasteiger partial charge in [-0.3, -0.25) is 4.79 Å². The van der Waals surface area contributed by atoms with E-state index in [1.165, 1.54) is 12.0 Å². The van der Waals surface area contributed by atoms with Crippen LogP contribution >= 0.6 is 0 Å². The van der Waals surface area contributed by atoms with Crippen LogP contribution in [0.5, 0.6) is 0 Å². The number of amides is 1. The van der Waals surface area contributed by atoms with Gasteiger partial charge in [-0.2, -0.15) is 0 Å². The molecule has 0 saturated heterocycles. The van der Waals surface area contributed by atoms with Crippen molar-refractivity contribution >= 4 is 5.91 Å². The number of hydrogen-bond acceptors (Lipinski definition) is 3. The Morgan fingerprint density at radius 1 is 1.33 bits per heavy atom. The number of aryl methyl sites for hydroxylation is 2. The van der Waals surface area contributed by atoms with Gasteiger partial charge in [0.25, 0.3) is 0 Å². The number of carbonyl (C=O) groups excluding carboxylic acids is 1. The Kier molecular flexibility index (Phi) is 4.12. The molecule has 0 aliphatic heterocycles. The van der Waals surface area contributed by atoms with Crippen LogP contribution in [0.25, 0.3) is 0 Å². The fourth-order valence-corrected chi connectivity index (χ4v) is 1.60. The van der Waals surface area contributed by atoms with E-state index in [1.54, 1.807) is 6.26 Å². The van der Waals surface area contributed by atoms with E-state index in [4.69, 9.17) is 4.42 Å². The van der Waals surface area contributed by atoms with E-state index in [0.29, 0.717) is 19.4 Å². The average molecular weight is 244 g/mol. The summed E-state index contributed by atoms with van der Waals surface area (Å²) >= 11 is 0. The molecule has 0 bridgehead atoms. The largest absolute Gasteiger partial charge is 0.451 e. The topological polar surface area (TPSA) is 55.1 Å². The monoisotopic (exact) mass is 244 g/mol. The van der Waals surface area contributed by atoms with Crippen LogP contribution in [0.4, 0.5) is 0 Å². The first-order valence-electron chi connectivity index (χ1n) is 5.93. The summed E-state index contributed by atoms with van der Waals surface area (Å²) in [6.45, 7) is 2.61. The molecule has 1 amide bonds. The minimum Gasteiger partial charge on any atom is -0.451 e. The maximum absolute atomic E-state index is 11.6. The van der Waals surface area contributed by atoms with Crippen molar-refractivity contribution in [2.24, 2.45) is 0 Å². The molecule has 1 N–H and O–H groups in total. The zero-order valence-electron chi connectivity index (χ0n) is 10.3. The van der Waals surface area contributed by atoms with Crippen molar-refractivity contribution < 1.29 is 9.21 Å². The first kappa shape index (κ1) is 12.4. The van der Waals surface area contributed by atoms with Gasteiger partial charge in [0, 0.05) is 19.4 Å². The highest BCUT2D eigenvalue weighted by Gasteiger charge is 2.03. The van der Waals surface area contributed by atoms with Crippen molar-refractivity contribution in [1.29, 1.82) is 0 Å². The van der Waals surface area contributed by atoms with Gasteiger partial charge in [-0.1, -0.05) is 29.8 Å². The second-order valence-electron chi connectivity index (χ2n) is 4.24. The number of nitrogens with one attached hydrogen (secondary N) is 1. The van der Waals surface area contributed by atoms with Crippen molar-refractivity contribution in [2.75, 3.05) is 0 Å². The molecule has 1 heterocycles. The van der Waals surface area contributed by atoms with Gasteiger partial charge < -0.3 is 9.73 Å². The third-order valence-corrected chi connectivity index (χ3v) is 2.70. The number of aromatic nitrogens is 1. The number of hydrogen-bond donors (Lipinski definition) is 1. The summed E-state index contributed by atoms with van der Waals surface area (Å²) in [5.41, 5.74) is 3.13. The Morgan fingerprint density at radius 3 is 2.78 bits per heavy atom. The van der Waals surface area contributed by atoms with Gasteiger partial charge in [0.1, 0.15) is 6.26 Å². The lowest BCUT2D eigenvalue weighted by molar-refractivity contribution is -0.121. The van der Waals surface area contributed by atoms with Crippen LogP contribution in [-0.2, 0) is 17.8 Å². The summed E-state index contributed by atoms with van der Waals surface area (Å²) in [4.78, 5) is 15.6. The molecule has 0 saturated carbocycles. The normalized spacial score (nSPS) is 10.3. The smallest absolute Gasteiger partial charge is 0.220 e. The molecule has 0 aliphatic carbocycles. The van der Waals surface area contributed by atoms with Crippen LogP contribution in [-0.4, -0.2) is 10.9 Å². The van der Waals surface area contributed by atoms with Gasteiger partial charge in [0.05, 0.1) is 5.69 Å². The van der Waals surface area contributed by atoms with Crippen molar-refractivity contribution in [1.82, 2.24) is 10.3 Å². The van der Waals surface area contributed by atoms with Crippen LogP contribution in [0.1, 0.15) is 23.2 Å². The maximum atomic E-state index is 11.6. The summed E-state index contributed by atoms with van der Waals surface area (Å²) in [5.74, 6) is 0.0265. The lowest BCUT2D eigenvalue weighted by Crippen LogP contribution is -2.23. The van der Waals surface area contributed by atoms with Crippen molar-refractivity contribution in [3.8, 4) is 0 Å². The number of carbonyl (C=O) groups is 1. The van der Waals surface area contributed by atoms with E-state index >= 15 is 0 Å². The molecule has 1 aromatic heterocycles. The van der Waals surface area contributed by atoms with E-state index in [1.807, 2.05) is 31.2 Å². The van der Waals surface area contributed by atoms with Gasteiger partial charge in [0.2, 0.25) is 5.91 Å². The maximum Gasteiger partial charge on any atom is 0.220 e. The Bertz CT molecular complexity index is 489. The van der Waals surface area contributed by atoms with E-state index < -0.39 is 0 Å². The highest BCUT2D eigenvalue weighted by atomic mass is 16.3. The number of rotatable bonds is 5. The predicted octanol–water partition coefficient (Wildman–Crippen LogP) is 2.23. The lowest BCUT2D eigenvalue weighted by atomic mass is 10.1. The zero-order valence-corrected chi connectivity index (χ0v) is 10.3. The molecular formula is C14H16N2O2. The van der Waals surface area contributed by atoms with Crippen LogP contribution < -0.4 is 5.32 Å². The third kappa shape index (κ3) is 3.73. The Labute approximate surface area is 106 Å². The van der Waals surface area contributed by atoms with E-state index in [0.717, 1.165) is 11.3 Å². The second-order valence-corrected chi connectivity index (χ2v) is 4.24. The molecule has 0 fully saturated rings. The molecule has 0 atom stereocenters. The first-order chi connectivity index (χ1) is 8.74. The number of benzene rings is 1. The predicted molar refractivity (Wildman–Crippen MR) is 67.8 cm³/mol. The average Bonchev–Trinajstić information content (AvgIpc) is 2.89. The van der Waals surface area contributed by atoms with Gasteiger partial charge in [-0.15, -0.1) is 0 Å². The summed E-state index contributed by atoms with van der Waals surface area (Å²) < 4.78 is 4.84. The van der Waals surface area contributed by atoms with Crippen LogP contribution in [0.15, 0.2) is 41.3 Å². The van der Waals surface area contributed by atoms with Gasteiger partial charge in [-0.05, 0) is 12.5 Å². The molecule has 94 valence electrons. The van der Waals surface area contributed by atoms with E-state index in [2.05, 4.69) is 10.3 Å². The lowest BCUT2D eigenvalue weighted by Gasteiger charge is -2.05. The molecule has 1 aromatic carbocycles. The van der Waals surface area contributed by atoms with E-state index in [9.17, 15) is 4.79 Å². The Morgan fingerprint density at radius 2 is 2.11 bits per heavy atom. The summed E-state index contributed by atoms with van der Waals surface area (Å²) in [5, 5.41) is 2.88. The minimum atomic E-state index is 0.0265. The fourth-order valence-electron chi connectivity index (χ4n) is 1.60. The molecule has 2 aromatic rings. The van der Waals surface area contributed by atoms with Crippen LogP contribution in [0, 0.1) is 6.92 Å². The molecule has 0 aliphatic rings. The molecule has 0 unspecified atom stereocenters. The molecule has 4 heteroatoms. The van der Waals surface area contributed by atoms with Gasteiger partial charge >= 0.3 is 0 Å². The molecular weight excluding hydrogens is 228 g/mol. The highest BCUT2D eigenvalue weighted by Crippen LogP contribution is 2.03. The van der Waals surface area contributed by atoms with Gasteiger partial charge in [0.15, 0.2) is 6.39 Å². The zero-order chi connectivity index (χ0) is 12.8. The number of oxazole rings is 1. The highest BCUT2D eigenvalue weighted by molar-refractivity contribution is 5.76. The molecule has 4 nitrogen and oxygen atoms in total. The quantitative estimate of drug-likeness (QED) is 0.877. The Balaban J connectivity index is 1.73. The summed E-state index contributed by atoms with van der Waals surface area (Å²) in [6, 6.07) is 8.12. The number of nitrogens with zero attached hydrogens (tertiary/aromatic N) is 1. The molecule has 18 heavy (non-hydrogen) atoms. The molecule has 0 spiro atoms. The van der Waals surface area contributed by atoms with E-state index in [-0.39, 0.29) is 5.91 Å². The summed E-state index contributed by atoms with van der Waals surface area (Å²) in [7, 11) is 0.